The van der Waals surface area contributed by atoms with E-state index in [2.05, 4.69) is 31.3 Å². The second kappa shape index (κ2) is 7.69. The van der Waals surface area contributed by atoms with Crippen LogP contribution >= 0.6 is 0 Å². The van der Waals surface area contributed by atoms with Gasteiger partial charge in [0.05, 0.1) is 13.2 Å². The maximum atomic E-state index is 5.80. The molecular weight excluding hydrogens is 262 g/mol. The van der Waals surface area contributed by atoms with E-state index in [1.807, 2.05) is 13.8 Å². The molecule has 118 valence electrons. The van der Waals surface area contributed by atoms with E-state index < -0.39 is 0 Å². The molecule has 0 saturated heterocycles. The largest absolute Gasteiger partial charge is 0.490 e. The highest BCUT2D eigenvalue weighted by Gasteiger charge is 2.27. The third-order valence-electron chi connectivity index (χ3n) is 4.42. The Labute approximate surface area is 129 Å². The van der Waals surface area contributed by atoms with E-state index >= 15 is 0 Å². The summed E-state index contributed by atoms with van der Waals surface area (Å²) in [5.74, 6) is 2.46. The number of nitrogens with one attached hydrogen (secondary N) is 1. The molecule has 1 aromatic rings. The topological polar surface area (TPSA) is 30.5 Å². The van der Waals surface area contributed by atoms with Gasteiger partial charge >= 0.3 is 0 Å². The van der Waals surface area contributed by atoms with Gasteiger partial charge in [0.1, 0.15) is 0 Å². The van der Waals surface area contributed by atoms with Crippen molar-refractivity contribution in [3.8, 4) is 11.5 Å². The molecule has 0 spiro atoms. The van der Waals surface area contributed by atoms with Crippen LogP contribution in [0.15, 0.2) is 12.1 Å². The fourth-order valence-electron chi connectivity index (χ4n) is 3.31. The van der Waals surface area contributed by atoms with Crippen LogP contribution in [0.1, 0.15) is 57.7 Å². The zero-order valence-corrected chi connectivity index (χ0v) is 13.9. The van der Waals surface area contributed by atoms with Gasteiger partial charge in [0.15, 0.2) is 11.5 Å². The average Bonchev–Trinajstić information content (AvgIpc) is 2.50. The summed E-state index contributed by atoms with van der Waals surface area (Å²) in [6.45, 7) is 11.0. The fraction of sp³-hybridized carbons (Fsp3) is 0.667. The highest BCUT2D eigenvalue weighted by molar-refractivity contribution is 5.49. The molecule has 0 aliphatic carbocycles. The van der Waals surface area contributed by atoms with Crippen molar-refractivity contribution in [3.05, 3.63) is 23.3 Å². The van der Waals surface area contributed by atoms with E-state index in [0.29, 0.717) is 25.2 Å². The summed E-state index contributed by atoms with van der Waals surface area (Å²) in [5, 5.41) is 3.70. The Morgan fingerprint density at radius 1 is 1.05 bits per heavy atom. The lowest BCUT2D eigenvalue weighted by molar-refractivity contribution is 0.283. The van der Waals surface area contributed by atoms with Crippen molar-refractivity contribution < 1.29 is 9.47 Å². The molecular formula is C18H29NO2. The third-order valence-corrected chi connectivity index (χ3v) is 4.42. The number of hydrogen-bond donors (Lipinski definition) is 1. The van der Waals surface area contributed by atoms with Gasteiger partial charge in [0.25, 0.3) is 0 Å². The summed E-state index contributed by atoms with van der Waals surface area (Å²) in [4.78, 5) is 0. The third kappa shape index (κ3) is 3.52. The summed E-state index contributed by atoms with van der Waals surface area (Å²) in [7, 11) is 0. The van der Waals surface area contributed by atoms with Crippen LogP contribution in [0.2, 0.25) is 0 Å². The van der Waals surface area contributed by atoms with Gasteiger partial charge in [-0.15, -0.1) is 0 Å². The minimum atomic E-state index is 0.443. The van der Waals surface area contributed by atoms with Gasteiger partial charge in [-0.25, -0.2) is 0 Å². The molecule has 0 bridgehead atoms. The van der Waals surface area contributed by atoms with Gasteiger partial charge in [0, 0.05) is 6.04 Å². The zero-order valence-electron chi connectivity index (χ0n) is 13.9. The summed E-state index contributed by atoms with van der Waals surface area (Å²) in [6.07, 6.45) is 3.47. The first-order valence-electron chi connectivity index (χ1n) is 8.40. The van der Waals surface area contributed by atoms with Crippen LogP contribution in [0, 0.1) is 5.92 Å². The van der Waals surface area contributed by atoms with E-state index in [4.69, 9.17) is 9.47 Å². The molecule has 1 N–H and O–H groups in total. The van der Waals surface area contributed by atoms with Gasteiger partial charge < -0.3 is 14.8 Å². The predicted octanol–water partition coefficient (Wildman–Crippen LogP) is 4.11. The van der Waals surface area contributed by atoms with Crippen molar-refractivity contribution >= 4 is 0 Å². The smallest absolute Gasteiger partial charge is 0.161 e. The Morgan fingerprint density at radius 2 is 1.67 bits per heavy atom. The SMILES string of the molecule is CCOc1cc2c(cc1OCC)[C@@H](C(CC)CC)NCC2. The molecule has 2 rings (SSSR count). The van der Waals surface area contributed by atoms with Gasteiger partial charge in [0.2, 0.25) is 0 Å². The number of rotatable bonds is 7. The van der Waals surface area contributed by atoms with Gasteiger partial charge in [-0.05, 0) is 56.0 Å². The summed E-state index contributed by atoms with van der Waals surface area (Å²) >= 11 is 0. The Bertz CT molecular complexity index is 455. The molecule has 3 nitrogen and oxygen atoms in total. The maximum absolute atomic E-state index is 5.80. The number of fused-ring (bicyclic) bond motifs is 1. The number of benzene rings is 1. The quantitative estimate of drug-likeness (QED) is 0.820. The Hall–Kier alpha value is -1.22. The molecule has 0 fully saturated rings. The van der Waals surface area contributed by atoms with Crippen LogP contribution in [0.3, 0.4) is 0 Å². The fourth-order valence-corrected chi connectivity index (χ4v) is 3.31. The van der Waals surface area contributed by atoms with E-state index in [9.17, 15) is 0 Å². The molecule has 0 amide bonds. The van der Waals surface area contributed by atoms with Gasteiger partial charge in [-0.3, -0.25) is 0 Å². The molecule has 0 saturated carbocycles. The lowest BCUT2D eigenvalue weighted by atomic mass is 9.83. The lowest BCUT2D eigenvalue weighted by Crippen LogP contribution is -2.34. The average molecular weight is 291 g/mol. The molecule has 3 heteroatoms. The van der Waals surface area contributed by atoms with Gasteiger partial charge in [-0.2, -0.15) is 0 Å². The second-order valence-electron chi connectivity index (χ2n) is 5.62. The first-order chi connectivity index (χ1) is 10.2. The molecule has 0 unspecified atom stereocenters. The summed E-state index contributed by atoms with van der Waals surface area (Å²) < 4.78 is 11.6. The van der Waals surface area contributed by atoms with Crippen molar-refractivity contribution in [2.24, 2.45) is 5.92 Å². The Balaban J connectivity index is 2.40. The van der Waals surface area contributed by atoms with Crippen molar-refractivity contribution in [3.63, 3.8) is 0 Å². The van der Waals surface area contributed by atoms with Crippen molar-refractivity contribution in [2.45, 2.75) is 53.0 Å². The van der Waals surface area contributed by atoms with Crippen LogP contribution in [0.5, 0.6) is 11.5 Å². The van der Waals surface area contributed by atoms with Crippen molar-refractivity contribution in [1.82, 2.24) is 5.32 Å². The second-order valence-corrected chi connectivity index (χ2v) is 5.62. The van der Waals surface area contributed by atoms with E-state index in [1.165, 1.54) is 24.0 Å². The minimum Gasteiger partial charge on any atom is -0.490 e. The van der Waals surface area contributed by atoms with Crippen LogP contribution < -0.4 is 14.8 Å². The molecule has 21 heavy (non-hydrogen) atoms. The highest BCUT2D eigenvalue weighted by Crippen LogP contribution is 2.39. The molecule has 0 radical (unpaired) electrons. The van der Waals surface area contributed by atoms with Crippen LogP contribution in [0.4, 0.5) is 0 Å². The first kappa shape index (κ1) is 16.2. The monoisotopic (exact) mass is 291 g/mol. The van der Waals surface area contributed by atoms with Gasteiger partial charge in [-0.1, -0.05) is 26.7 Å². The van der Waals surface area contributed by atoms with Crippen molar-refractivity contribution in [1.29, 1.82) is 0 Å². The van der Waals surface area contributed by atoms with Crippen LogP contribution in [-0.4, -0.2) is 19.8 Å². The van der Waals surface area contributed by atoms with Crippen LogP contribution in [-0.2, 0) is 6.42 Å². The minimum absolute atomic E-state index is 0.443. The molecule has 1 aliphatic heterocycles. The molecule has 1 atom stereocenters. The predicted molar refractivity (Wildman–Crippen MR) is 87.3 cm³/mol. The van der Waals surface area contributed by atoms with Crippen LogP contribution in [0.25, 0.3) is 0 Å². The Kier molecular flexibility index (Phi) is 5.92. The summed E-state index contributed by atoms with van der Waals surface area (Å²) in [6, 6.07) is 4.84. The Morgan fingerprint density at radius 3 is 2.24 bits per heavy atom. The van der Waals surface area contributed by atoms with E-state index in [-0.39, 0.29) is 0 Å². The number of ether oxygens (including phenoxy) is 2. The zero-order chi connectivity index (χ0) is 15.2. The first-order valence-corrected chi connectivity index (χ1v) is 8.40. The standard InChI is InChI=1S/C18H29NO2/c1-5-13(6-2)18-15-12-17(21-8-4)16(20-7-3)11-14(15)9-10-19-18/h11-13,18-19H,5-10H2,1-4H3/t18-/m1/s1. The highest BCUT2D eigenvalue weighted by atomic mass is 16.5. The lowest BCUT2D eigenvalue weighted by Gasteiger charge is -2.33. The molecule has 1 aliphatic rings. The molecule has 1 aromatic carbocycles. The number of hydrogen-bond acceptors (Lipinski definition) is 3. The molecule has 1 heterocycles. The normalized spacial score (nSPS) is 17.7. The molecule has 0 aromatic heterocycles. The van der Waals surface area contributed by atoms with E-state index in [1.54, 1.807) is 0 Å². The van der Waals surface area contributed by atoms with Crippen molar-refractivity contribution in [2.75, 3.05) is 19.8 Å². The summed E-state index contributed by atoms with van der Waals surface area (Å²) in [5.41, 5.74) is 2.82. The van der Waals surface area contributed by atoms with E-state index in [0.717, 1.165) is 24.5 Å². The maximum Gasteiger partial charge on any atom is 0.161 e.